The summed E-state index contributed by atoms with van der Waals surface area (Å²) >= 11 is 3.62. The molecule has 110 valence electrons. The van der Waals surface area contributed by atoms with Gasteiger partial charge in [-0.05, 0) is 30.5 Å². The van der Waals surface area contributed by atoms with E-state index in [1.54, 1.807) is 11.8 Å². The number of nitrogens with zero attached hydrogens (tertiary/aromatic N) is 3. The van der Waals surface area contributed by atoms with Crippen LogP contribution in [0.15, 0.2) is 53.9 Å². The first kappa shape index (κ1) is 13.8. The van der Waals surface area contributed by atoms with Gasteiger partial charge in [0, 0.05) is 28.1 Å². The molecule has 0 unspecified atom stereocenters. The van der Waals surface area contributed by atoms with Gasteiger partial charge in [0.1, 0.15) is 10.5 Å². The van der Waals surface area contributed by atoms with Crippen LogP contribution in [0.4, 0.5) is 0 Å². The van der Waals surface area contributed by atoms with Crippen molar-refractivity contribution >= 4 is 44.2 Å². The van der Waals surface area contributed by atoms with Crippen LogP contribution in [0.5, 0.6) is 0 Å². The lowest BCUT2D eigenvalue weighted by atomic mass is 10.2. The van der Waals surface area contributed by atoms with E-state index in [4.69, 9.17) is 0 Å². The lowest BCUT2D eigenvalue weighted by Gasteiger charge is -2.02. The standard InChI is InChI=1S/C17H15N3S2/c1-2-20-11-19-16-14(20)7-8-18-17(16)21-10-13-9-12-5-3-4-6-15(12)22-13/h3-9,11H,2,10H2,1H3. The van der Waals surface area contributed by atoms with Crippen LogP contribution in [-0.4, -0.2) is 14.5 Å². The quantitative estimate of drug-likeness (QED) is 0.497. The van der Waals surface area contributed by atoms with Crippen molar-refractivity contribution in [3.05, 3.63) is 53.8 Å². The van der Waals surface area contributed by atoms with Crippen LogP contribution >= 0.6 is 23.1 Å². The normalized spacial score (nSPS) is 11.5. The third kappa shape index (κ3) is 2.40. The van der Waals surface area contributed by atoms with Crippen LogP contribution < -0.4 is 0 Å². The monoisotopic (exact) mass is 325 g/mol. The van der Waals surface area contributed by atoms with Crippen molar-refractivity contribution in [1.29, 1.82) is 0 Å². The van der Waals surface area contributed by atoms with E-state index >= 15 is 0 Å². The summed E-state index contributed by atoms with van der Waals surface area (Å²) < 4.78 is 3.50. The Bertz CT molecular complexity index is 906. The number of thioether (sulfide) groups is 1. The van der Waals surface area contributed by atoms with E-state index in [9.17, 15) is 0 Å². The zero-order chi connectivity index (χ0) is 14.9. The number of imidazole rings is 1. The summed E-state index contributed by atoms with van der Waals surface area (Å²) in [6.45, 7) is 3.06. The third-order valence-electron chi connectivity index (χ3n) is 3.67. The largest absolute Gasteiger partial charge is 0.331 e. The van der Waals surface area contributed by atoms with E-state index in [-0.39, 0.29) is 0 Å². The summed E-state index contributed by atoms with van der Waals surface area (Å²) in [4.78, 5) is 10.4. The summed E-state index contributed by atoms with van der Waals surface area (Å²) in [6.07, 6.45) is 3.78. The van der Waals surface area contributed by atoms with E-state index in [0.717, 1.165) is 28.4 Å². The molecule has 0 amide bonds. The van der Waals surface area contributed by atoms with Crippen molar-refractivity contribution in [3.63, 3.8) is 0 Å². The topological polar surface area (TPSA) is 30.7 Å². The molecular weight excluding hydrogens is 310 g/mol. The number of aryl methyl sites for hydroxylation is 1. The van der Waals surface area contributed by atoms with Gasteiger partial charge in [-0.1, -0.05) is 30.0 Å². The van der Waals surface area contributed by atoms with Crippen molar-refractivity contribution in [3.8, 4) is 0 Å². The Morgan fingerprint density at radius 1 is 1.18 bits per heavy atom. The van der Waals surface area contributed by atoms with E-state index in [1.807, 2.05) is 29.9 Å². The van der Waals surface area contributed by atoms with Crippen LogP contribution in [0, 0.1) is 0 Å². The summed E-state index contributed by atoms with van der Waals surface area (Å²) in [5.41, 5.74) is 2.17. The van der Waals surface area contributed by atoms with Gasteiger partial charge in [-0.2, -0.15) is 0 Å². The second-order valence-electron chi connectivity index (χ2n) is 5.05. The molecule has 0 spiro atoms. The van der Waals surface area contributed by atoms with Gasteiger partial charge >= 0.3 is 0 Å². The molecule has 0 aliphatic rings. The van der Waals surface area contributed by atoms with Gasteiger partial charge in [0.05, 0.1) is 11.8 Å². The van der Waals surface area contributed by atoms with Gasteiger partial charge in [-0.3, -0.25) is 0 Å². The summed E-state index contributed by atoms with van der Waals surface area (Å²) in [6, 6.07) is 12.8. The fraction of sp³-hybridized carbons (Fsp3) is 0.176. The van der Waals surface area contributed by atoms with Gasteiger partial charge in [0.25, 0.3) is 0 Å². The molecule has 4 aromatic rings. The first-order valence-electron chi connectivity index (χ1n) is 7.25. The molecule has 0 N–H and O–H groups in total. The number of rotatable bonds is 4. The molecule has 4 rings (SSSR count). The first-order valence-corrected chi connectivity index (χ1v) is 9.05. The highest BCUT2D eigenvalue weighted by Gasteiger charge is 2.09. The zero-order valence-corrected chi connectivity index (χ0v) is 13.8. The SMILES string of the molecule is CCn1cnc2c(SCc3cc4ccccc4s3)nccc21. The van der Waals surface area contributed by atoms with Crippen LogP contribution in [0.25, 0.3) is 21.1 Å². The van der Waals surface area contributed by atoms with Crippen molar-refractivity contribution in [2.45, 2.75) is 24.2 Å². The number of benzene rings is 1. The highest BCUT2D eigenvalue weighted by Crippen LogP contribution is 2.32. The molecule has 3 nitrogen and oxygen atoms in total. The summed E-state index contributed by atoms with van der Waals surface area (Å²) in [5, 5.41) is 2.34. The minimum atomic E-state index is 0.931. The van der Waals surface area contributed by atoms with Crippen molar-refractivity contribution in [2.75, 3.05) is 0 Å². The van der Waals surface area contributed by atoms with Gasteiger partial charge in [0.2, 0.25) is 0 Å². The maximum atomic E-state index is 4.53. The second-order valence-corrected chi connectivity index (χ2v) is 7.19. The Morgan fingerprint density at radius 2 is 2.09 bits per heavy atom. The number of aromatic nitrogens is 3. The van der Waals surface area contributed by atoms with Crippen LogP contribution in [0.3, 0.4) is 0 Å². The minimum Gasteiger partial charge on any atom is -0.331 e. The molecular formula is C17H15N3S2. The smallest absolute Gasteiger partial charge is 0.124 e. The molecule has 5 heteroatoms. The van der Waals surface area contributed by atoms with Crippen LogP contribution in [0.1, 0.15) is 11.8 Å². The highest BCUT2D eigenvalue weighted by molar-refractivity contribution is 7.98. The molecule has 0 radical (unpaired) electrons. The van der Waals surface area contributed by atoms with Crippen molar-refractivity contribution in [1.82, 2.24) is 14.5 Å². The minimum absolute atomic E-state index is 0.931. The highest BCUT2D eigenvalue weighted by atomic mass is 32.2. The van der Waals surface area contributed by atoms with Gasteiger partial charge < -0.3 is 4.57 Å². The number of hydrogen-bond acceptors (Lipinski definition) is 4. The molecule has 0 saturated carbocycles. The fourth-order valence-electron chi connectivity index (χ4n) is 2.57. The maximum Gasteiger partial charge on any atom is 0.124 e. The van der Waals surface area contributed by atoms with Crippen LogP contribution in [0.2, 0.25) is 0 Å². The zero-order valence-electron chi connectivity index (χ0n) is 12.2. The molecule has 3 aromatic heterocycles. The van der Waals surface area contributed by atoms with Crippen molar-refractivity contribution in [2.24, 2.45) is 0 Å². The van der Waals surface area contributed by atoms with Gasteiger partial charge in [-0.15, -0.1) is 11.3 Å². The molecule has 1 aromatic carbocycles. The Kier molecular flexibility index (Phi) is 3.60. The van der Waals surface area contributed by atoms with E-state index < -0.39 is 0 Å². The lowest BCUT2D eigenvalue weighted by molar-refractivity contribution is 0.787. The van der Waals surface area contributed by atoms with Crippen molar-refractivity contribution < 1.29 is 0 Å². The Hall–Kier alpha value is -1.85. The average molecular weight is 325 g/mol. The third-order valence-corrected chi connectivity index (χ3v) is 6.00. The summed E-state index contributed by atoms with van der Waals surface area (Å²) in [5.74, 6) is 0.935. The summed E-state index contributed by atoms with van der Waals surface area (Å²) in [7, 11) is 0. The Morgan fingerprint density at radius 3 is 2.95 bits per heavy atom. The average Bonchev–Trinajstić information content (AvgIpc) is 3.16. The first-order chi connectivity index (χ1) is 10.8. The predicted octanol–water partition coefficient (Wildman–Crippen LogP) is 4.96. The van der Waals surface area contributed by atoms with Gasteiger partial charge in [0.15, 0.2) is 0 Å². The molecule has 0 aliphatic carbocycles. The second kappa shape index (κ2) is 5.74. The van der Waals surface area contributed by atoms with E-state index in [2.05, 4.69) is 51.8 Å². The Balaban J connectivity index is 1.62. The molecule has 22 heavy (non-hydrogen) atoms. The Labute approximate surface area is 137 Å². The fourth-order valence-corrected chi connectivity index (χ4v) is 4.64. The predicted molar refractivity (Wildman–Crippen MR) is 94.6 cm³/mol. The maximum absolute atomic E-state index is 4.53. The molecule has 0 fully saturated rings. The number of pyridine rings is 1. The van der Waals surface area contributed by atoms with Crippen LogP contribution in [-0.2, 0) is 12.3 Å². The number of fused-ring (bicyclic) bond motifs is 2. The number of thiophene rings is 1. The lowest BCUT2D eigenvalue weighted by Crippen LogP contribution is -1.91. The molecule has 0 atom stereocenters. The molecule has 0 aliphatic heterocycles. The van der Waals surface area contributed by atoms with E-state index in [0.29, 0.717) is 0 Å². The number of hydrogen-bond donors (Lipinski definition) is 0. The molecule has 0 saturated heterocycles. The van der Waals surface area contributed by atoms with E-state index in [1.165, 1.54) is 15.0 Å². The molecule has 3 heterocycles. The molecule has 0 bridgehead atoms. The van der Waals surface area contributed by atoms with Gasteiger partial charge in [-0.25, -0.2) is 9.97 Å².